The van der Waals surface area contributed by atoms with Crippen molar-refractivity contribution >= 4 is 35.0 Å². The third-order valence-electron chi connectivity index (χ3n) is 6.97. The van der Waals surface area contributed by atoms with E-state index in [1.54, 1.807) is 48.5 Å². The average Bonchev–Trinajstić information content (AvgIpc) is 3.38. The van der Waals surface area contributed by atoms with Gasteiger partial charge in [-0.05, 0) is 87.4 Å². The number of amides is 4. The molecular formula is C32H32N2O6. The monoisotopic (exact) mass is 540 g/mol. The number of hydrogen-bond donors (Lipinski definition) is 0. The van der Waals surface area contributed by atoms with E-state index in [9.17, 15) is 19.2 Å². The lowest BCUT2D eigenvalue weighted by molar-refractivity contribution is -0.123. The summed E-state index contributed by atoms with van der Waals surface area (Å²) < 4.78 is 11.3. The molecule has 0 bridgehead atoms. The Balaban J connectivity index is 1.29. The number of imide groups is 2. The molecule has 8 nitrogen and oxygen atoms in total. The number of nitrogens with zero attached hydrogens (tertiary/aromatic N) is 2. The minimum atomic E-state index is -0.583. The second-order valence-electron chi connectivity index (χ2n) is 10.6. The summed E-state index contributed by atoms with van der Waals surface area (Å²) in [7, 11) is 0. The van der Waals surface area contributed by atoms with Crippen LogP contribution in [0.5, 0.6) is 11.5 Å². The molecule has 2 aliphatic rings. The van der Waals surface area contributed by atoms with Crippen molar-refractivity contribution in [1.82, 2.24) is 0 Å². The van der Waals surface area contributed by atoms with E-state index in [0.717, 1.165) is 11.1 Å². The van der Waals surface area contributed by atoms with E-state index >= 15 is 0 Å². The highest BCUT2D eigenvalue weighted by atomic mass is 16.5. The summed E-state index contributed by atoms with van der Waals surface area (Å²) in [5, 5.41) is 0. The van der Waals surface area contributed by atoms with E-state index < -0.39 is 11.8 Å². The maximum Gasteiger partial charge on any atom is 0.241 e. The van der Waals surface area contributed by atoms with Crippen molar-refractivity contribution in [2.45, 2.75) is 64.6 Å². The summed E-state index contributed by atoms with van der Waals surface area (Å²) in [4.78, 5) is 54.6. The first-order valence-electron chi connectivity index (χ1n) is 13.5. The van der Waals surface area contributed by atoms with E-state index in [-0.39, 0.29) is 48.7 Å². The third-order valence-corrected chi connectivity index (χ3v) is 6.97. The highest BCUT2D eigenvalue weighted by Crippen LogP contribution is 2.37. The molecular weight excluding hydrogens is 508 g/mol. The number of benzene rings is 3. The van der Waals surface area contributed by atoms with Crippen molar-refractivity contribution in [2.75, 3.05) is 9.80 Å². The van der Waals surface area contributed by atoms with Gasteiger partial charge in [0.1, 0.15) is 11.5 Å². The van der Waals surface area contributed by atoms with Crippen LogP contribution in [0.25, 0.3) is 0 Å². The van der Waals surface area contributed by atoms with Gasteiger partial charge < -0.3 is 9.47 Å². The summed E-state index contributed by atoms with van der Waals surface area (Å²) in [6.07, 6.45) is 0.201. The van der Waals surface area contributed by atoms with Gasteiger partial charge in [-0.15, -0.1) is 0 Å². The van der Waals surface area contributed by atoms with Gasteiger partial charge in [-0.2, -0.15) is 0 Å². The maximum atomic E-state index is 13.3. The van der Waals surface area contributed by atoms with Gasteiger partial charge in [-0.25, -0.2) is 0 Å². The maximum absolute atomic E-state index is 13.3. The fourth-order valence-electron chi connectivity index (χ4n) is 5.18. The van der Waals surface area contributed by atoms with Crippen molar-refractivity contribution in [3.05, 3.63) is 83.9 Å². The van der Waals surface area contributed by atoms with E-state index in [0.29, 0.717) is 22.9 Å². The second kappa shape index (κ2) is 11.0. The predicted molar refractivity (Wildman–Crippen MR) is 151 cm³/mol. The standard InChI is InChI=1S/C32H32N2O6/c1-19(2)39-25-13-5-21(6-14-25)27-17-29(35)33(31(27)37)23-9-11-24(12-10-23)34-30(36)18-28(32(34)38)22-7-15-26(16-8-22)40-20(3)4/h5-16,19-20,27-28H,17-18H2,1-4H3/t27-,28-/m0/s1. The topological polar surface area (TPSA) is 93.2 Å². The van der Waals surface area contributed by atoms with E-state index in [1.165, 1.54) is 9.80 Å². The minimum absolute atomic E-state index is 0.0345. The van der Waals surface area contributed by atoms with Gasteiger partial charge in [0.2, 0.25) is 23.6 Å². The Hall–Kier alpha value is -4.46. The summed E-state index contributed by atoms with van der Waals surface area (Å²) >= 11 is 0. The van der Waals surface area contributed by atoms with Crippen LogP contribution in [0.15, 0.2) is 72.8 Å². The molecule has 2 aliphatic heterocycles. The molecule has 2 atom stereocenters. The largest absolute Gasteiger partial charge is 0.491 e. The molecule has 0 saturated carbocycles. The van der Waals surface area contributed by atoms with Crippen LogP contribution < -0.4 is 19.3 Å². The molecule has 0 spiro atoms. The zero-order valence-corrected chi connectivity index (χ0v) is 23.0. The number of hydrogen-bond acceptors (Lipinski definition) is 6. The quantitative estimate of drug-likeness (QED) is 0.358. The van der Waals surface area contributed by atoms with Crippen LogP contribution in [0.1, 0.15) is 63.5 Å². The summed E-state index contributed by atoms with van der Waals surface area (Å²) in [6, 6.07) is 20.8. The smallest absolute Gasteiger partial charge is 0.241 e. The van der Waals surface area contributed by atoms with Crippen molar-refractivity contribution in [3.63, 3.8) is 0 Å². The van der Waals surface area contributed by atoms with E-state index in [2.05, 4.69) is 0 Å². The summed E-state index contributed by atoms with van der Waals surface area (Å²) in [5.41, 5.74) is 2.29. The summed E-state index contributed by atoms with van der Waals surface area (Å²) in [5.74, 6) is -0.990. The van der Waals surface area contributed by atoms with E-state index in [4.69, 9.17) is 9.47 Å². The number of anilines is 2. The first-order valence-corrected chi connectivity index (χ1v) is 13.5. The molecule has 5 rings (SSSR count). The zero-order valence-electron chi connectivity index (χ0n) is 23.0. The molecule has 8 heteroatoms. The predicted octanol–water partition coefficient (Wildman–Crippen LogP) is 5.36. The van der Waals surface area contributed by atoms with Crippen molar-refractivity contribution in [3.8, 4) is 11.5 Å². The first kappa shape index (κ1) is 27.1. The van der Waals surface area contributed by atoms with Gasteiger partial charge in [0.15, 0.2) is 0 Å². The van der Waals surface area contributed by atoms with Crippen LogP contribution in [0, 0.1) is 0 Å². The highest BCUT2D eigenvalue weighted by Gasteiger charge is 2.42. The van der Waals surface area contributed by atoms with Gasteiger partial charge in [0.05, 0.1) is 35.4 Å². The Morgan fingerprint density at radius 3 is 1.18 bits per heavy atom. The molecule has 3 aromatic carbocycles. The summed E-state index contributed by atoms with van der Waals surface area (Å²) in [6.45, 7) is 7.75. The minimum Gasteiger partial charge on any atom is -0.491 e. The van der Waals surface area contributed by atoms with Crippen LogP contribution in [0.2, 0.25) is 0 Å². The molecule has 2 heterocycles. The molecule has 0 N–H and O–H groups in total. The van der Waals surface area contributed by atoms with E-state index in [1.807, 2.05) is 52.0 Å². The van der Waals surface area contributed by atoms with Crippen LogP contribution in [-0.2, 0) is 19.2 Å². The normalized spacial score (nSPS) is 19.4. The number of carbonyl (C=O) groups is 4. The van der Waals surface area contributed by atoms with Crippen molar-refractivity contribution < 1.29 is 28.7 Å². The number of ether oxygens (including phenoxy) is 2. The first-order chi connectivity index (χ1) is 19.1. The van der Waals surface area contributed by atoms with Crippen LogP contribution in [0.3, 0.4) is 0 Å². The average molecular weight is 541 g/mol. The molecule has 2 fully saturated rings. The molecule has 4 amide bonds. The van der Waals surface area contributed by atoms with Crippen molar-refractivity contribution in [1.29, 1.82) is 0 Å². The van der Waals surface area contributed by atoms with Crippen LogP contribution >= 0.6 is 0 Å². The SMILES string of the molecule is CC(C)Oc1ccc([C@@H]2CC(=O)N(c3ccc(N4C(=O)C[C@@H](c5ccc(OC(C)C)cc5)C4=O)cc3)C2=O)cc1. The fraction of sp³-hybridized carbons (Fsp3) is 0.312. The Bertz CT molecular complexity index is 1320. The molecule has 206 valence electrons. The van der Waals surface area contributed by atoms with Crippen LogP contribution in [0.4, 0.5) is 11.4 Å². The number of carbonyl (C=O) groups excluding carboxylic acids is 4. The Morgan fingerprint density at radius 1 is 0.550 bits per heavy atom. The molecule has 0 aromatic heterocycles. The lowest BCUT2D eigenvalue weighted by Gasteiger charge is -2.19. The highest BCUT2D eigenvalue weighted by molar-refractivity contribution is 6.24. The third kappa shape index (κ3) is 5.34. The Kier molecular flexibility index (Phi) is 7.43. The lowest BCUT2D eigenvalue weighted by atomic mass is 9.97. The Labute approximate surface area is 233 Å². The van der Waals surface area contributed by atoms with Gasteiger partial charge in [0.25, 0.3) is 0 Å². The molecule has 0 radical (unpaired) electrons. The molecule has 2 saturated heterocycles. The zero-order chi connectivity index (χ0) is 28.6. The van der Waals surface area contributed by atoms with Gasteiger partial charge >= 0.3 is 0 Å². The number of rotatable bonds is 8. The molecule has 0 aliphatic carbocycles. The fourth-order valence-corrected chi connectivity index (χ4v) is 5.18. The van der Waals surface area contributed by atoms with Crippen molar-refractivity contribution in [2.24, 2.45) is 0 Å². The van der Waals surface area contributed by atoms with Gasteiger partial charge in [0, 0.05) is 12.8 Å². The van der Waals surface area contributed by atoms with Crippen LogP contribution in [-0.4, -0.2) is 35.8 Å². The van der Waals surface area contributed by atoms with Gasteiger partial charge in [-0.1, -0.05) is 24.3 Å². The second-order valence-corrected chi connectivity index (χ2v) is 10.6. The molecule has 3 aromatic rings. The van der Waals surface area contributed by atoms with Gasteiger partial charge in [-0.3, -0.25) is 29.0 Å². The Morgan fingerprint density at radius 2 is 0.875 bits per heavy atom. The molecule has 0 unspecified atom stereocenters. The lowest BCUT2D eigenvalue weighted by Crippen LogP contribution is -2.31. The molecule has 40 heavy (non-hydrogen) atoms.